The summed E-state index contributed by atoms with van der Waals surface area (Å²) in [6.45, 7) is -0.615. The van der Waals surface area contributed by atoms with Gasteiger partial charge in [0.1, 0.15) is 0 Å². The molecule has 6 nitrogen and oxygen atoms in total. The van der Waals surface area contributed by atoms with Gasteiger partial charge in [0, 0.05) is 0 Å². The highest BCUT2D eigenvalue weighted by Gasteiger charge is 2.12. The van der Waals surface area contributed by atoms with Gasteiger partial charge in [-0.05, 0) is 63.2 Å². The maximum absolute atomic E-state index is 9.58. The van der Waals surface area contributed by atoms with Crippen LogP contribution in [0.4, 0.5) is 0 Å². The second-order valence-electron chi connectivity index (χ2n) is 7.58. The van der Waals surface area contributed by atoms with Crippen LogP contribution in [0.15, 0.2) is 48.5 Å². The van der Waals surface area contributed by atoms with E-state index >= 15 is 0 Å². The number of aliphatic hydroxyl groups is 3. The highest BCUT2D eigenvalue weighted by Crippen LogP contribution is 2.38. The maximum atomic E-state index is 9.58. The lowest BCUT2D eigenvalue weighted by atomic mass is 9.98. The Balaban J connectivity index is 1.77. The minimum Gasteiger partial charge on any atom is -0.493 e. The van der Waals surface area contributed by atoms with Crippen LogP contribution >= 0.6 is 0 Å². The maximum Gasteiger partial charge on any atom is 0.203 e. The van der Waals surface area contributed by atoms with E-state index in [-0.39, 0.29) is 19.8 Å². The van der Waals surface area contributed by atoms with Crippen LogP contribution < -0.4 is 14.2 Å². The highest BCUT2D eigenvalue weighted by molar-refractivity contribution is 5.75. The number of hydrogen-bond donors (Lipinski definition) is 3. The van der Waals surface area contributed by atoms with Crippen LogP contribution in [0.25, 0.3) is 24.3 Å². The fourth-order valence-corrected chi connectivity index (χ4v) is 3.71. The number of rotatable bonds is 10. The van der Waals surface area contributed by atoms with Gasteiger partial charge in [-0.1, -0.05) is 48.6 Å². The number of ether oxygens (including phenoxy) is 3. The fraction of sp³-hybridized carbons (Fsp3) is 0.214. The molecule has 0 spiro atoms. The Kier molecular flexibility index (Phi) is 8.87. The Labute approximate surface area is 200 Å². The molecule has 0 aliphatic rings. The zero-order chi connectivity index (χ0) is 24.5. The van der Waals surface area contributed by atoms with E-state index in [0.29, 0.717) is 33.9 Å². The van der Waals surface area contributed by atoms with Crippen LogP contribution in [0, 0.1) is 0 Å². The van der Waals surface area contributed by atoms with E-state index in [1.165, 1.54) is 0 Å². The number of aliphatic hydroxyl groups excluding tert-OH is 3. The first-order valence-corrected chi connectivity index (χ1v) is 10.8. The SMILES string of the molecule is COc1cc(C=Cc2ccc(C=Cc3cc(CO)c(CO)c(CO)c3)cc2)cc(OC)c1OC. The molecule has 0 atom stereocenters. The predicted molar refractivity (Wildman–Crippen MR) is 135 cm³/mol. The monoisotopic (exact) mass is 462 g/mol. The molecule has 178 valence electrons. The summed E-state index contributed by atoms with van der Waals surface area (Å²) >= 11 is 0. The van der Waals surface area contributed by atoms with Gasteiger partial charge < -0.3 is 29.5 Å². The van der Waals surface area contributed by atoms with Crippen molar-refractivity contribution in [1.82, 2.24) is 0 Å². The third kappa shape index (κ3) is 5.85. The molecule has 0 saturated heterocycles. The molecule has 0 amide bonds. The Morgan fingerprint density at radius 2 is 0.971 bits per heavy atom. The predicted octanol–water partition coefficient (Wildman–Crippen LogP) is 4.53. The van der Waals surface area contributed by atoms with Crippen LogP contribution in [0.5, 0.6) is 17.2 Å². The lowest BCUT2D eigenvalue weighted by Crippen LogP contribution is -2.01. The van der Waals surface area contributed by atoms with Crippen molar-refractivity contribution in [3.63, 3.8) is 0 Å². The first kappa shape index (κ1) is 25.1. The standard InChI is InChI=1S/C28H30O6/c1-32-26-14-22(15-27(33-2)28(26)34-3)11-9-20-6-4-19(5-7-20)8-10-21-12-23(16-29)25(18-31)24(13-21)17-30/h4-15,29-31H,16-18H2,1-3H3. The summed E-state index contributed by atoms with van der Waals surface area (Å²) in [5.41, 5.74) is 5.60. The molecule has 0 fully saturated rings. The molecule has 6 heteroatoms. The van der Waals surface area contributed by atoms with Crippen molar-refractivity contribution in [1.29, 1.82) is 0 Å². The second-order valence-corrected chi connectivity index (χ2v) is 7.58. The molecule has 0 bridgehead atoms. The molecule has 34 heavy (non-hydrogen) atoms. The first-order valence-electron chi connectivity index (χ1n) is 10.8. The molecule has 3 aromatic rings. The third-order valence-electron chi connectivity index (χ3n) is 5.52. The summed E-state index contributed by atoms with van der Waals surface area (Å²) in [6.07, 6.45) is 7.86. The summed E-state index contributed by atoms with van der Waals surface area (Å²) in [4.78, 5) is 0. The fourth-order valence-electron chi connectivity index (χ4n) is 3.71. The summed E-state index contributed by atoms with van der Waals surface area (Å²) < 4.78 is 16.2. The van der Waals surface area contributed by atoms with E-state index in [4.69, 9.17) is 14.2 Å². The van der Waals surface area contributed by atoms with E-state index in [1.54, 1.807) is 21.3 Å². The van der Waals surface area contributed by atoms with Crippen molar-refractivity contribution < 1.29 is 29.5 Å². The van der Waals surface area contributed by atoms with Gasteiger partial charge in [0.2, 0.25) is 5.75 Å². The van der Waals surface area contributed by atoms with Gasteiger partial charge in [-0.2, -0.15) is 0 Å². The van der Waals surface area contributed by atoms with Crippen molar-refractivity contribution in [2.45, 2.75) is 19.8 Å². The molecule has 0 heterocycles. The topological polar surface area (TPSA) is 88.4 Å². The van der Waals surface area contributed by atoms with Crippen LogP contribution in [0.2, 0.25) is 0 Å². The zero-order valence-electron chi connectivity index (χ0n) is 19.6. The molecule has 0 aromatic heterocycles. The number of methoxy groups -OCH3 is 3. The van der Waals surface area contributed by atoms with Crippen molar-refractivity contribution in [3.05, 3.63) is 87.5 Å². The van der Waals surface area contributed by atoms with Gasteiger partial charge in [0.25, 0.3) is 0 Å². The minimum atomic E-state index is -0.221. The van der Waals surface area contributed by atoms with Gasteiger partial charge >= 0.3 is 0 Å². The smallest absolute Gasteiger partial charge is 0.203 e. The number of hydrogen-bond acceptors (Lipinski definition) is 6. The average molecular weight is 463 g/mol. The highest BCUT2D eigenvalue weighted by atomic mass is 16.5. The molecular formula is C28H30O6. The van der Waals surface area contributed by atoms with E-state index in [9.17, 15) is 15.3 Å². The van der Waals surface area contributed by atoms with Crippen molar-refractivity contribution >= 4 is 24.3 Å². The minimum absolute atomic E-state index is 0.197. The zero-order valence-corrected chi connectivity index (χ0v) is 19.6. The molecule has 0 radical (unpaired) electrons. The lowest BCUT2D eigenvalue weighted by molar-refractivity contribution is 0.247. The van der Waals surface area contributed by atoms with Crippen LogP contribution in [0.1, 0.15) is 38.9 Å². The molecule has 0 aliphatic carbocycles. The molecule has 3 rings (SSSR count). The molecule has 0 unspecified atom stereocenters. The Morgan fingerprint density at radius 1 is 0.559 bits per heavy atom. The van der Waals surface area contributed by atoms with Gasteiger partial charge in [-0.25, -0.2) is 0 Å². The summed E-state index contributed by atoms with van der Waals surface area (Å²) in [7, 11) is 4.76. The lowest BCUT2D eigenvalue weighted by Gasteiger charge is -2.12. The molecule has 3 aromatic carbocycles. The van der Waals surface area contributed by atoms with Gasteiger partial charge in [-0.15, -0.1) is 0 Å². The van der Waals surface area contributed by atoms with E-state index in [2.05, 4.69) is 0 Å². The normalized spacial score (nSPS) is 11.4. The second kappa shape index (κ2) is 12.0. The van der Waals surface area contributed by atoms with Crippen LogP contribution in [-0.4, -0.2) is 36.6 Å². The largest absolute Gasteiger partial charge is 0.493 e. The summed E-state index contributed by atoms with van der Waals surface area (Å²) in [6, 6.07) is 15.4. The van der Waals surface area contributed by atoms with Crippen LogP contribution in [-0.2, 0) is 19.8 Å². The Morgan fingerprint density at radius 3 is 1.32 bits per heavy atom. The molecule has 3 N–H and O–H groups in total. The average Bonchev–Trinajstić information content (AvgIpc) is 2.89. The number of benzene rings is 3. The van der Waals surface area contributed by atoms with Crippen molar-refractivity contribution in [2.75, 3.05) is 21.3 Å². The van der Waals surface area contributed by atoms with Crippen molar-refractivity contribution in [2.24, 2.45) is 0 Å². The quantitative estimate of drug-likeness (QED) is 0.384. The molecular weight excluding hydrogens is 432 g/mol. The Bertz CT molecular complexity index is 1020. The van der Waals surface area contributed by atoms with Gasteiger partial charge in [0.05, 0.1) is 41.2 Å². The Hall–Kier alpha value is -3.58. The molecule has 0 aliphatic heterocycles. The van der Waals surface area contributed by atoms with E-state index < -0.39 is 0 Å². The van der Waals surface area contributed by atoms with E-state index in [0.717, 1.165) is 22.3 Å². The van der Waals surface area contributed by atoms with E-state index in [1.807, 2.05) is 72.8 Å². The van der Waals surface area contributed by atoms with Gasteiger partial charge in [0.15, 0.2) is 11.5 Å². The summed E-state index contributed by atoms with van der Waals surface area (Å²) in [5, 5.41) is 28.7. The third-order valence-corrected chi connectivity index (χ3v) is 5.52. The first-order chi connectivity index (χ1) is 16.6. The van der Waals surface area contributed by atoms with Crippen molar-refractivity contribution in [3.8, 4) is 17.2 Å². The molecule has 0 saturated carbocycles. The van der Waals surface area contributed by atoms with Crippen LogP contribution in [0.3, 0.4) is 0 Å². The van der Waals surface area contributed by atoms with Gasteiger partial charge in [-0.3, -0.25) is 0 Å². The summed E-state index contributed by atoms with van der Waals surface area (Å²) in [5.74, 6) is 1.76.